The van der Waals surface area contributed by atoms with Gasteiger partial charge in [-0.05, 0) is 43.4 Å². The molecule has 2 heterocycles. The van der Waals surface area contributed by atoms with Gasteiger partial charge in [0.05, 0.1) is 5.52 Å². The standard InChI is InChI=1S/C16H18BrN3/c17-12-5-6-14-13(9-12)16(19-10-18-14)20-8-7-11-3-1-2-4-15(11)20/h5-6,9-11,15H,1-4,7-8H2. The van der Waals surface area contributed by atoms with Gasteiger partial charge in [0.2, 0.25) is 0 Å². The molecule has 2 aliphatic rings. The third-order valence-corrected chi connectivity index (χ3v) is 5.35. The number of anilines is 1. The minimum absolute atomic E-state index is 0.695. The predicted octanol–water partition coefficient (Wildman–Crippen LogP) is 4.16. The summed E-state index contributed by atoms with van der Waals surface area (Å²) in [5, 5.41) is 1.17. The van der Waals surface area contributed by atoms with Crippen LogP contribution in [0.4, 0.5) is 5.82 Å². The van der Waals surface area contributed by atoms with Crippen molar-refractivity contribution in [2.75, 3.05) is 11.4 Å². The van der Waals surface area contributed by atoms with Gasteiger partial charge in [-0.25, -0.2) is 9.97 Å². The lowest BCUT2D eigenvalue weighted by molar-refractivity contribution is 0.341. The Morgan fingerprint density at radius 3 is 2.95 bits per heavy atom. The Balaban J connectivity index is 1.80. The van der Waals surface area contributed by atoms with E-state index in [2.05, 4.69) is 42.9 Å². The zero-order chi connectivity index (χ0) is 13.5. The van der Waals surface area contributed by atoms with E-state index in [1.165, 1.54) is 37.5 Å². The molecule has 2 fully saturated rings. The summed E-state index contributed by atoms with van der Waals surface area (Å²) >= 11 is 3.57. The van der Waals surface area contributed by atoms with Gasteiger partial charge in [-0.3, -0.25) is 0 Å². The molecule has 0 spiro atoms. The van der Waals surface area contributed by atoms with E-state index in [1.54, 1.807) is 6.33 Å². The Labute approximate surface area is 127 Å². The SMILES string of the molecule is Brc1ccc2ncnc(N3CCC4CCCCC43)c2c1. The second kappa shape index (κ2) is 4.99. The molecule has 4 rings (SSSR count). The fraction of sp³-hybridized carbons (Fsp3) is 0.500. The van der Waals surface area contributed by atoms with Crippen molar-refractivity contribution < 1.29 is 0 Å². The molecule has 20 heavy (non-hydrogen) atoms. The number of fused-ring (bicyclic) bond motifs is 2. The van der Waals surface area contributed by atoms with Crippen LogP contribution in [0, 0.1) is 5.92 Å². The number of aromatic nitrogens is 2. The Morgan fingerprint density at radius 1 is 1.10 bits per heavy atom. The molecular formula is C16H18BrN3. The number of hydrogen-bond donors (Lipinski definition) is 0. The summed E-state index contributed by atoms with van der Waals surface area (Å²) in [6, 6.07) is 6.97. The van der Waals surface area contributed by atoms with Gasteiger partial charge in [-0.15, -0.1) is 0 Å². The van der Waals surface area contributed by atoms with Crippen molar-refractivity contribution in [3.05, 3.63) is 29.0 Å². The van der Waals surface area contributed by atoms with Gasteiger partial charge in [-0.1, -0.05) is 28.8 Å². The number of hydrogen-bond acceptors (Lipinski definition) is 3. The van der Waals surface area contributed by atoms with Crippen LogP contribution >= 0.6 is 15.9 Å². The topological polar surface area (TPSA) is 29.0 Å². The first-order chi connectivity index (χ1) is 9.83. The normalized spacial score (nSPS) is 25.9. The maximum absolute atomic E-state index is 4.62. The first-order valence-electron chi connectivity index (χ1n) is 7.50. The molecule has 1 aromatic carbocycles. The summed E-state index contributed by atoms with van der Waals surface area (Å²) < 4.78 is 1.10. The first-order valence-corrected chi connectivity index (χ1v) is 8.29. The average Bonchev–Trinajstić information content (AvgIpc) is 2.90. The summed E-state index contributed by atoms with van der Waals surface area (Å²) in [7, 11) is 0. The van der Waals surface area contributed by atoms with Crippen molar-refractivity contribution in [2.45, 2.75) is 38.1 Å². The Morgan fingerprint density at radius 2 is 2.00 bits per heavy atom. The third-order valence-electron chi connectivity index (χ3n) is 4.86. The van der Waals surface area contributed by atoms with E-state index in [9.17, 15) is 0 Å². The lowest BCUT2D eigenvalue weighted by Crippen LogP contribution is -2.35. The van der Waals surface area contributed by atoms with Crippen LogP contribution in [0.15, 0.2) is 29.0 Å². The van der Waals surface area contributed by atoms with Crippen molar-refractivity contribution in [2.24, 2.45) is 5.92 Å². The molecule has 0 N–H and O–H groups in total. The zero-order valence-electron chi connectivity index (χ0n) is 11.4. The van der Waals surface area contributed by atoms with E-state index >= 15 is 0 Å². The molecule has 1 saturated carbocycles. The highest BCUT2D eigenvalue weighted by Gasteiger charge is 2.36. The highest BCUT2D eigenvalue weighted by atomic mass is 79.9. The smallest absolute Gasteiger partial charge is 0.140 e. The van der Waals surface area contributed by atoms with Gasteiger partial charge in [0, 0.05) is 22.4 Å². The molecule has 104 valence electrons. The van der Waals surface area contributed by atoms with E-state index in [0.717, 1.165) is 28.3 Å². The van der Waals surface area contributed by atoms with Crippen LogP contribution in [0.1, 0.15) is 32.1 Å². The largest absolute Gasteiger partial charge is 0.353 e. The molecular weight excluding hydrogens is 314 g/mol. The minimum Gasteiger partial charge on any atom is -0.353 e. The van der Waals surface area contributed by atoms with Crippen LogP contribution < -0.4 is 4.90 Å². The molecule has 2 aromatic rings. The van der Waals surface area contributed by atoms with E-state index in [0.29, 0.717) is 6.04 Å². The monoisotopic (exact) mass is 331 g/mol. The minimum atomic E-state index is 0.695. The molecule has 1 aromatic heterocycles. The Bertz CT molecular complexity index is 643. The molecule has 1 saturated heterocycles. The highest BCUT2D eigenvalue weighted by molar-refractivity contribution is 9.10. The fourth-order valence-corrected chi connectivity index (χ4v) is 4.27. The number of halogens is 1. The van der Waals surface area contributed by atoms with Gasteiger partial charge in [0.25, 0.3) is 0 Å². The van der Waals surface area contributed by atoms with Gasteiger partial charge in [0.1, 0.15) is 12.1 Å². The molecule has 3 nitrogen and oxygen atoms in total. The summed E-state index contributed by atoms with van der Waals surface area (Å²) in [4.78, 5) is 11.6. The molecule has 1 aliphatic carbocycles. The quantitative estimate of drug-likeness (QED) is 0.785. The number of rotatable bonds is 1. The fourth-order valence-electron chi connectivity index (χ4n) is 3.91. The molecule has 0 bridgehead atoms. The summed E-state index contributed by atoms with van der Waals surface area (Å²) in [6.07, 6.45) is 8.53. The highest BCUT2D eigenvalue weighted by Crippen LogP contribution is 2.40. The van der Waals surface area contributed by atoms with Crippen LogP contribution in [0.25, 0.3) is 10.9 Å². The summed E-state index contributed by atoms with van der Waals surface area (Å²) in [5.41, 5.74) is 1.04. The molecule has 2 unspecified atom stereocenters. The van der Waals surface area contributed by atoms with Crippen molar-refractivity contribution in [1.82, 2.24) is 9.97 Å². The third kappa shape index (κ3) is 2.01. The van der Waals surface area contributed by atoms with Crippen LogP contribution in [-0.2, 0) is 0 Å². The maximum atomic E-state index is 4.62. The molecule has 0 radical (unpaired) electrons. The summed E-state index contributed by atoms with van der Waals surface area (Å²) in [5.74, 6) is 2.01. The molecule has 0 amide bonds. The van der Waals surface area contributed by atoms with E-state index in [-0.39, 0.29) is 0 Å². The van der Waals surface area contributed by atoms with E-state index in [4.69, 9.17) is 0 Å². The van der Waals surface area contributed by atoms with Crippen LogP contribution in [-0.4, -0.2) is 22.6 Å². The summed E-state index contributed by atoms with van der Waals surface area (Å²) in [6.45, 7) is 1.15. The van der Waals surface area contributed by atoms with Crippen molar-refractivity contribution in [3.63, 3.8) is 0 Å². The van der Waals surface area contributed by atoms with E-state index < -0.39 is 0 Å². The average molecular weight is 332 g/mol. The first kappa shape index (κ1) is 12.6. The second-order valence-corrected chi connectivity index (χ2v) is 6.87. The van der Waals surface area contributed by atoms with Crippen molar-refractivity contribution in [1.29, 1.82) is 0 Å². The number of nitrogens with zero attached hydrogens (tertiary/aromatic N) is 3. The van der Waals surface area contributed by atoms with Crippen LogP contribution in [0.5, 0.6) is 0 Å². The predicted molar refractivity (Wildman–Crippen MR) is 84.9 cm³/mol. The molecule has 2 atom stereocenters. The van der Waals surface area contributed by atoms with Crippen molar-refractivity contribution >= 4 is 32.7 Å². The van der Waals surface area contributed by atoms with Gasteiger partial charge in [0.15, 0.2) is 0 Å². The van der Waals surface area contributed by atoms with Crippen molar-refractivity contribution in [3.8, 4) is 0 Å². The van der Waals surface area contributed by atoms with Gasteiger partial charge >= 0.3 is 0 Å². The molecule has 1 aliphatic heterocycles. The van der Waals surface area contributed by atoms with Gasteiger partial charge < -0.3 is 4.90 Å². The van der Waals surface area contributed by atoms with Crippen LogP contribution in [0.2, 0.25) is 0 Å². The maximum Gasteiger partial charge on any atom is 0.140 e. The lowest BCUT2D eigenvalue weighted by atomic mass is 9.85. The second-order valence-electron chi connectivity index (χ2n) is 5.95. The number of benzene rings is 1. The lowest BCUT2D eigenvalue weighted by Gasteiger charge is -2.32. The van der Waals surface area contributed by atoms with Gasteiger partial charge in [-0.2, -0.15) is 0 Å². The Kier molecular flexibility index (Phi) is 3.14. The molecule has 4 heteroatoms. The Hall–Kier alpha value is -1.16. The van der Waals surface area contributed by atoms with Crippen LogP contribution in [0.3, 0.4) is 0 Å². The zero-order valence-corrected chi connectivity index (χ0v) is 13.0. The van der Waals surface area contributed by atoms with E-state index in [1.807, 2.05) is 6.07 Å².